The highest BCUT2D eigenvalue weighted by atomic mass is 35.5. The Labute approximate surface area is 165 Å². The van der Waals surface area contributed by atoms with E-state index in [2.05, 4.69) is 23.7 Å². The van der Waals surface area contributed by atoms with Crippen molar-refractivity contribution < 1.29 is 9.53 Å². The van der Waals surface area contributed by atoms with E-state index in [1.807, 2.05) is 42.5 Å². The lowest BCUT2D eigenvalue weighted by Gasteiger charge is -2.17. The zero-order valence-electron chi connectivity index (χ0n) is 15.8. The van der Waals surface area contributed by atoms with E-state index in [1.54, 1.807) is 6.07 Å². The number of nitrogens with zero attached hydrogens (tertiary/aromatic N) is 1. The highest BCUT2D eigenvalue weighted by Gasteiger charge is 2.18. The van der Waals surface area contributed by atoms with Crippen LogP contribution in [0.4, 0.5) is 0 Å². The van der Waals surface area contributed by atoms with E-state index in [1.165, 1.54) is 0 Å². The fourth-order valence-corrected chi connectivity index (χ4v) is 3.43. The van der Waals surface area contributed by atoms with Gasteiger partial charge in [-0.1, -0.05) is 61.8 Å². The lowest BCUT2D eigenvalue weighted by Crippen LogP contribution is -2.25. The van der Waals surface area contributed by atoms with E-state index in [0.29, 0.717) is 17.3 Å². The van der Waals surface area contributed by atoms with Crippen LogP contribution in [-0.4, -0.2) is 42.1 Å². The molecule has 0 saturated heterocycles. The number of aromatic amines is 1. The second-order valence-electron chi connectivity index (χ2n) is 6.45. The molecule has 27 heavy (non-hydrogen) atoms. The summed E-state index contributed by atoms with van der Waals surface area (Å²) in [6, 6.07) is 15.5. The molecule has 0 saturated carbocycles. The smallest absolute Gasteiger partial charge is 0.355 e. The predicted molar refractivity (Wildman–Crippen MR) is 111 cm³/mol. The SMILES string of the molecule is CCN(CC)CCCOC(=O)c1[nH]c(-c2ccccc2)c2cc(Cl)ccc12. The molecule has 0 aliphatic rings. The Bertz CT molecular complexity index is 901. The Morgan fingerprint density at radius 2 is 1.81 bits per heavy atom. The van der Waals surface area contributed by atoms with Crippen molar-refractivity contribution >= 4 is 28.3 Å². The predicted octanol–water partition coefficient (Wildman–Crippen LogP) is 5.38. The van der Waals surface area contributed by atoms with Gasteiger partial charge in [0.05, 0.1) is 12.3 Å². The number of H-pyrrole nitrogens is 1. The van der Waals surface area contributed by atoms with Crippen LogP contribution in [0, 0.1) is 0 Å². The molecule has 0 atom stereocenters. The van der Waals surface area contributed by atoms with Crippen molar-refractivity contribution in [1.82, 2.24) is 9.88 Å². The van der Waals surface area contributed by atoms with Gasteiger partial charge < -0.3 is 14.6 Å². The number of fused-ring (bicyclic) bond motifs is 1. The third kappa shape index (κ3) is 4.52. The van der Waals surface area contributed by atoms with Crippen molar-refractivity contribution in [3.05, 3.63) is 59.2 Å². The second-order valence-corrected chi connectivity index (χ2v) is 6.88. The topological polar surface area (TPSA) is 45.3 Å². The van der Waals surface area contributed by atoms with Gasteiger partial charge in [-0.3, -0.25) is 0 Å². The number of aromatic nitrogens is 1. The highest BCUT2D eigenvalue weighted by Crippen LogP contribution is 2.33. The summed E-state index contributed by atoms with van der Waals surface area (Å²) in [5, 5.41) is 2.38. The minimum Gasteiger partial charge on any atom is -0.461 e. The third-order valence-electron chi connectivity index (χ3n) is 4.78. The van der Waals surface area contributed by atoms with E-state index >= 15 is 0 Å². The third-order valence-corrected chi connectivity index (χ3v) is 5.02. The molecule has 0 radical (unpaired) electrons. The zero-order valence-corrected chi connectivity index (χ0v) is 16.6. The van der Waals surface area contributed by atoms with Crippen LogP contribution in [0.3, 0.4) is 0 Å². The number of esters is 1. The lowest BCUT2D eigenvalue weighted by molar-refractivity contribution is 0.0486. The van der Waals surface area contributed by atoms with Gasteiger partial charge in [0, 0.05) is 22.3 Å². The van der Waals surface area contributed by atoms with Gasteiger partial charge in [-0.2, -0.15) is 0 Å². The Hall–Kier alpha value is -2.30. The number of ether oxygens (including phenoxy) is 1. The fourth-order valence-electron chi connectivity index (χ4n) is 3.26. The summed E-state index contributed by atoms with van der Waals surface area (Å²) in [5.41, 5.74) is 2.36. The van der Waals surface area contributed by atoms with Crippen LogP contribution in [0.1, 0.15) is 30.8 Å². The first kappa shape index (κ1) is 19.5. The number of nitrogens with one attached hydrogen (secondary N) is 1. The van der Waals surface area contributed by atoms with Crippen molar-refractivity contribution in [3.8, 4) is 11.3 Å². The molecule has 3 aromatic rings. The van der Waals surface area contributed by atoms with Gasteiger partial charge in [0.15, 0.2) is 0 Å². The first-order chi connectivity index (χ1) is 13.1. The van der Waals surface area contributed by atoms with Crippen molar-refractivity contribution in [2.24, 2.45) is 0 Å². The Kier molecular flexibility index (Phi) is 6.54. The molecule has 0 unspecified atom stereocenters. The van der Waals surface area contributed by atoms with Crippen LogP contribution >= 0.6 is 11.6 Å². The first-order valence-corrected chi connectivity index (χ1v) is 9.78. The number of hydrogen-bond donors (Lipinski definition) is 1. The Balaban J connectivity index is 1.81. The summed E-state index contributed by atoms with van der Waals surface area (Å²) in [7, 11) is 0. The highest BCUT2D eigenvalue weighted by molar-refractivity contribution is 6.31. The average molecular weight is 385 g/mol. The fraction of sp³-hybridized carbons (Fsp3) is 0.318. The molecule has 1 aromatic heterocycles. The molecule has 0 fully saturated rings. The molecule has 3 rings (SSSR count). The number of benzene rings is 2. The van der Waals surface area contributed by atoms with Gasteiger partial charge in [-0.15, -0.1) is 0 Å². The van der Waals surface area contributed by atoms with Gasteiger partial charge in [0.25, 0.3) is 0 Å². The van der Waals surface area contributed by atoms with E-state index in [0.717, 1.165) is 48.1 Å². The summed E-state index contributed by atoms with van der Waals surface area (Å²) < 4.78 is 5.53. The summed E-state index contributed by atoms with van der Waals surface area (Å²) in [6.45, 7) is 7.62. The minimum absolute atomic E-state index is 0.330. The number of hydrogen-bond acceptors (Lipinski definition) is 3. The first-order valence-electron chi connectivity index (χ1n) is 9.40. The van der Waals surface area contributed by atoms with Crippen LogP contribution in [0.5, 0.6) is 0 Å². The van der Waals surface area contributed by atoms with Crippen LogP contribution in [0.2, 0.25) is 5.02 Å². The maximum absolute atomic E-state index is 12.7. The number of carbonyl (C=O) groups is 1. The summed E-state index contributed by atoms with van der Waals surface area (Å²) in [4.78, 5) is 18.2. The number of rotatable bonds is 8. The minimum atomic E-state index is -0.330. The second kappa shape index (κ2) is 9.07. The molecule has 1 N–H and O–H groups in total. The summed E-state index contributed by atoms with van der Waals surface area (Å²) >= 11 is 6.19. The molecular formula is C22H25ClN2O2. The molecule has 142 valence electrons. The zero-order chi connectivity index (χ0) is 19.2. The van der Waals surface area contributed by atoms with Gasteiger partial charge in [0.2, 0.25) is 0 Å². The van der Waals surface area contributed by atoms with E-state index < -0.39 is 0 Å². The largest absolute Gasteiger partial charge is 0.461 e. The monoisotopic (exact) mass is 384 g/mol. The summed E-state index contributed by atoms with van der Waals surface area (Å²) in [5.74, 6) is -0.330. The van der Waals surface area contributed by atoms with E-state index in [9.17, 15) is 4.79 Å². The molecule has 0 aliphatic carbocycles. The molecule has 0 aliphatic heterocycles. The van der Waals surface area contributed by atoms with Crippen LogP contribution in [0.15, 0.2) is 48.5 Å². The molecule has 1 heterocycles. The van der Waals surface area contributed by atoms with E-state index in [-0.39, 0.29) is 5.97 Å². The molecule has 0 bridgehead atoms. The van der Waals surface area contributed by atoms with Crippen LogP contribution in [0.25, 0.3) is 22.0 Å². The van der Waals surface area contributed by atoms with Crippen molar-refractivity contribution in [2.75, 3.05) is 26.2 Å². The van der Waals surface area contributed by atoms with Gasteiger partial charge in [0.1, 0.15) is 5.69 Å². The molecule has 0 amide bonds. The molecule has 5 heteroatoms. The van der Waals surface area contributed by atoms with E-state index in [4.69, 9.17) is 16.3 Å². The lowest BCUT2D eigenvalue weighted by atomic mass is 10.1. The van der Waals surface area contributed by atoms with Crippen molar-refractivity contribution in [1.29, 1.82) is 0 Å². The number of carbonyl (C=O) groups excluding carboxylic acids is 1. The average Bonchev–Trinajstić information content (AvgIpc) is 3.07. The van der Waals surface area contributed by atoms with Crippen molar-refractivity contribution in [2.45, 2.75) is 20.3 Å². The standard InChI is InChI=1S/C22H25ClN2O2/c1-3-25(4-2)13-8-14-27-22(26)21-18-12-11-17(23)15-19(18)20(24-21)16-9-6-5-7-10-16/h5-7,9-12,15,24H,3-4,8,13-14H2,1-2H3. The molecule has 4 nitrogen and oxygen atoms in total. The maximum Gasteiger partial charge on any atom is 0.355 e. The quantitative estimate of drug-likeness (QED) is 0.419. The Morgan fingerprint density at radius 1 is 1.07 bits per heavy atom. The number of halogens is 1. The maximum atomic E-state index is 12.7. The van der Waals surface area contributed by atoms with Gasteiger partial charge in [-0.25, -0.2) is 4.79 Å². The van der Waals surface area contributed by atoms with Crippen LogP contribution in [-0.2, 0) is 4.74 Å². The van der Waals surface area contributed by atoms with Gasteiger partial charge >= 0.3 is 5.97 Å². The van der Waals surface area contributed by atoms with Gasteiger partial charge in [-0.05, 0) is 37.2 Å². The normalized spacial score (nSPS) is 11.3. The van der Waals surface area contributed by atoms with Crippen LogP contribution < -0.4 is 0 Å². The van der Waals surface area contributed by atoms with Crippen molar-refractivity contribution in [3.63, 3.8) is 0 Å². The molecule has 2 aromatic carbocycles. The summed E-state index contributed by atoms with van der Waals surface area (Å²) in [6.07, 6.45) is 0.823. The molecular weight excluding hydrogens is 360 g/mol. The molecule has 0 spiro atoms. The Morgan fingerprint density at radius 3 is 2.52 bits per heavy atom.